The van der Waals surface area contributed by atoms with Crippen LogP contribution in [-0.2, 0) is 0 Å². The topological polar surface area (TPSA) is 66.6 Å². The molecule has 1 amide bonds. The van der Waals surface area contributed by atoms with E-state index in [1.54, 1.807) is 4.52 Å². The lowest BCUT2D eigenvalue weighted by Gasteiger charge is -2.35. The van der Waals surface area contributed by atoms with E-state index in [1.165, 1.54) is 0 Å². The minimum Gasteiger partial charge on any atom is -0.352 e. The standard InChI is InChI=1S/C23H22N6O/c1-17-7-9-19(10-8-17)23(30)28-15-13-27(14-16-28)21-12-11-20-24-25-22(29(20)26-21)18-5-3-2-4-6-18/h2-12H,13-16H2,1H3. The zero-order valence-corrected chi connectivity index (χ0v) is 16.8. The number of benzene rings is 2. The molecule has 0 saturated carbocycles. The number of amides is 1. The summed E-state index contributed by atoms with van der Waals surface area (Å²) in [6.45, 7) is 4.83. The van der Waals surface area contributed by atoms with E-state index in [9.17, 15) is 4.79 Å². The van der Waals surface area contributed by atoms with Gasteiger partial charge in [0.1, 0.15) is 5.82 Å². The third-order valence-corrected chi connectivity index (χ3v) is 5.47. The average Bonchev–Trinajstić information content (AvgIpc) is 3.23. The molecule has 0 N–H and O–H groups in total. The molecule has 7 nitrogen and oxygen atoms in total. The number of nitrogens with zero attached hydrogens (tertiary/aromatic N) is 6. The molecular formula is C23H22N6O. The Morgan fingerprint density at radius 3 is 2.30 bits per heavy atom. The molecule has 2 aromatic carbocycles. The van der Waals surface area contributed by atoms with Gasteiger partial charge in [-0.1, -0.05) is 48.0 Å². The average molecular weight is 398 g/mol. The molecule has 0 atom stereocenters. The summed E-state index contributed by atoms with van der Waals surface area (Å²) in [7, 11) is 0. The van der Waals surface area contributed by atoms with Gasteiger partial charge in [-0.25, -0.2) is 0 Å². The van der Waals surface area contributed by atoms with Gasteiger partial charge in [-0.15, -0.1) is 15.3 Å². The van der Waals surface area contributed by atoms with Crippen LogP contribution in [0.4, 0.5) is 5.82 Å². The van der Waals surface area contributed by atoms with Gasteiger partial charge < -0.3 is 9.80 Å². The van der Waals surface area contributed by atoms with Crippen LogP contribution in [0.25, 0.3) is 17.0 Å². The van der Waals surface area contributed by atoms with Crippen LogP contribution in [0.3, 0.4) is 0 Å². The van der Waals surface area contributed by atoms with Gasteiger partial charge in [-0.3, -0.25) is 4.79 Å². The predicted octanol–water partition coefficient (Wildman–Crippen LogP) is 3.06. The largest absolute Gasteiger partial charge is 0.352 e. The highest BCUT2D eigenvalue weighted by Crippen LogP contribution is 2.20. The molecule has 5 rings (SSSR count). The summed E-state index contributed by atoms with van der Waals surface area (Å²) in [6.07, 6.45) is 0. The van der Waals surface area contributed by atoms with E-state index in [0.717, 1.165) is 41.4 Å². The Morgan fingerprint density at radius 1 is 0.833 bits per heavy atom. The van der Waals surface area contributed by atoms with E-state index in [-0.39, 0.29) is 5.91 Å². The van der Waals surface area contributed by atoms with Crippen LogP contribution < -0.4 is 4.90 Å². The number of carbonyl (C=O) groups excluding carboxylic acids is 1. The van der Waals surface area contributed by atoms with Crippen LogP contribution in [0.1, 0.15) is 15.9 Å². The summed E-state index contributed by atoms with van der Waals surface area (Å²) in [4.78, 5) is 16.9. The third kappa shape index (κ3) is 3.39. The Kier molecular flexibility index (Phi) is 4.63. The van der Waals surface area contributed by atoms with Gasteiger partial charge in [-0.05, 0) is 31.2 Å². The van der Waals surface area contributed by atoms with Crippen molar-refractivity contribution < 1.29 is 4.79 Å². The van der Waals surface area contributed by atoms with E-state index in [1.807, 2.05) is 78.6 Å². The van der Waals surface area contributed by atoms with E-state index < -0.39 is 0 Å². The first kappa shape index (κ1) is 18.3. The van der Waals surface area contributed by atoms with Gasteiger partial charge in [-0.2, -0.15) is 4.52 Å². The lowest BCUT2D eigenvalue weighted by atomic mass is 10.1. The Bertz CT molecular complexity index is 1180. The third-order valence-electron chi connectivity index (χ3n) is 5.47. The molecule has 1 aliphatic heterocycles. The van der Waals surface area contributed by atoms with Crippen molar-refractivity contribution >= 4 is 17.4 Å². The number of hydrogen-bond acceptors (Lipinski definition) is 5. The van der Waals surface area contributed by atoms with Crippen LogP contribution >= 0.6 is 0 Å². The van der Waals surface area contributed by atoms with E-state index in [0.29, 0.717) is 18.7 Å². The van der Waals surface area contributed by atoms with Crippen LogP contribution in [0.15, 0.2) is 66.7 Å². The molecule has 0 unspecified atom stereocenters. The summed E-state index contributed by atoms with van der Waals surface area (Å²) >= 11 is 0. The van der Waals surface area contributed by atoms with Crippen molar-refractivity contribution in [3.8, 4) is 11.4 Å². The Hall–Kier alpha value is -3.74. The van der Waals surface area contributed by atoms with E-state index in [4.69, 9.17) is 5.10 Å². The predicted molar refractivity (Wildman–Crippen MR) is 116 cm³/mol. The highest BCUT2D eigenvalue weighted by molar-refractivity contribution is 5.94. The minimum atomic E-state index is 0.0863. The summed E-state index contributed by atoms with van der Waals surface area (Å²) in [5.41, 5.74) is 3.58. The number of fused-ring (bicyclic) bond motifs is 1. The fourth-order valence-corrected chi connectivity index (χ4v) is 3.73. The summed E-state index contributed by atoms with van der Waals surface area (Å²) in [5.74, 6) is 1.67. The fourth-order valence-electron chi connectivity index (χ4n) is 3.73. The molecule has 0 aliphatic carbocycles. The van der Waals surface area contributed by atoms with Gasteiger partial charge in [0.2, 0.25) is 0 Å². The Balaban J connectivity index is 1.33. The van der Waals surface area contributed by atoms with Gasteiger partial charge in [0.05, 0.1) is 0 Å². The Morgan fingerprint density at radius 2 is 1.57 bits per heavy atom. The number of piperazine rings is 1. The number of rotatable bonds is 3. The summed E-state index contributed by atoms with van der Waals surface area (Å²) in [5, 5.41) is 13.3. The molecule has 30 heavy (non-hydrogen) atoms. The first-order valence-electron chi connectivity index (χ1n) is 10.1. The molecule has 0 spiro atoms. The van der Waals surface area contributed by atoms with Gasteiger partial charge in [0, 0.05) is 37.3 Å². The lowest BCUT2D eigenvalue weighted by molar-refractivity contribution is 0.0746. The normalized spacial score (nSPS) is 14.3. The molecule has 1 fully saturated rings. The van der Waals surface area contributed by atoms with Crippen molar-refractivity contribution in [2.24, 2.45) is 0 Å². The maximum Gasteiger partial charge on any atom is 0.253 e. The first-order valence-corrected chi connectivity index (χ1v) is 10.1. The molecule has 1 saturated heterocycles. The highest BCUT2D eigenvalue weighted by atomic mass is 16.2. The van der Waals surface area contributed by atoms with Crippen molar-refractivity contribution in [1.82, 2.24) is 24.7 Å². The second kappa shape index (κ2) is 7.59. The number of hydrogen-bond donors (Lipinski definition) is 0. The SMILES string of the molecule is Cc1ccc(C(=O)N2CCN(c3ccc4nnc(-c5ccccc5)n4n3)CC2)cc1. The quantitative estimate of drug-likeness (QED) is 0.531. The maximum absolute atomic E-state index is 12.8. The number of aryl methyl sites for hydroxylation is 1. The summed E-state index contributed by atoms with van der Waals surface area (Å²) < 4.78 is 1.79. The molecule has 1 aliphatic rings. The molecule has 4 aromatic rings. The monoisotopic (exact) mass is 398 g/mol. The first-order chi connectivity index (χ1) is 14.7. The van der Waals surface area contributed by atoms with Crippen LogP contribution in [0, 0.1) is 6.92 Å². The van der Waals surface area contributed by atoms with Gasteiger partial charge >= 0.3 is 0 Å². The second-order valence-corrected chi connectivity index (χ2v) is 7.50. The van der Waals surface area contributed by atoms with E-state index in [2.05, 4.69) is 15.1 Å². The molecular weight excluding hydrogens is 376 g/mol. The van der Waals surface area contributed by atoms with E-state index >= 15 is 0 Å². The van der Waals surface area contributed by atoms with Crippen LogP contribution in [0.5, 0.6) is 0 Å². The van der Waals surface area contributed by atoms with Crippen molar-refractivity contribution in [2.45, 2.75) is 6.92 Å². The van der Waals surface area contributed by atoms with Crippen molar-refractivity contribution in [1.29, 1.82) is 0 Å². The van der Waals surface area contributed by atoms with Crippen LogP contribution in [-0.4, -0.2) is 56.8 Å². The number of aromatic nitrogens is 4. The van der Waals surface area contributed by atoms with Gasteiger partial charge in [0.15, 0.2) is 11.5 Å². The summed E-state index contributed by atoms with van der Waals surface area (Å²) in [6, 6.07) is 21.6. The lowest BCUT2D eigenvalue weighted by Crippen LogP contribution is -2.49. The fraction of sp³-hybridized carbons (Fsp3) is 0.217. The maximum atomic E-state index is 12.8. The molecule has 7 heteroatoms. The number of anilines is 1. The Labute approximate surface area is 174 Å². The van der Waals surface area contributed by atoms with Crippen molar-refractivity contribution in [3.05, 3.63) is 77.9 Å². The van der Waals surface area contributed by atoms with Crippen molar-refractivity contribution in [3.63, 3.8) is 0 Å². The molecule has 3 heterocycles. The van der Waals surface area contributed by atoms with Crippen molar-refractivity contribution in [2.75, 3.05) is 31.1 Å². The smallest absolute Gasteiger partial charge is 0.253 e. The number of carbonyl (C=O) groups is 1. The molecule has 2 aromatic heterocycles. The highest BCUT2D eigenvalue weighted by Gasteiger charge is 2.23. The zero-order valence-electron chi connectivity index (χ0n) is 16.8. The minimum absolute atomic E-state index is 0.0863. The molecule has 0 radical (unpaired) electrons. The molecule has 0 bridgehead atoms. The molecule has 150 valence electrons. The van der Waals surface area contributed by atoms with Gasteiger partial charge in [0.25, 0.3) is 5.91 Å². The second-order valence-electron chi connectivity index (χ2n) is 7.50. The van der Waals surface area contributed by atoms with Crippen LogP contribution in [0.2, 0.25) is 0 Å². The zero-order chi connectivity index (χ0) is 20.5.